The maximum absolute atomic E-state index is 4.10. The molecule has 1 aliphatic carbocycles. The second-order valence-electron chi connectivity index (χ2n) is 5.06. The largest absolute Gasteiger partial charge is 0.0958 e. The summed E-state index contributed by atoms with van der Waals surface area (Å²) in [6.07, 6.45) is 11.8. The fourth-order valence-electron chi connectivity index (χ4n) is 1.95. The van der Waals surface area contributed by atoms with Gasteiger partial charge in [0.15, 0.2) is 0 Å². The highest BCUT2D eigenvalue weighted by Gasteiger charge is 2.09. The Morgan fingerprint density at radius 1 is 1.33 bits per heavy atom. The second-order valence-corrected chi connectivity index (χ2v) is 5.06. The highest BCUT2D eigenvalue weighted by molar-refractivity contribution is 5.17. The number of rotatable bonds is 1. The topological polar surface area (TPSA) is 0 Å². The molecule has 0 N–H and O–H groups in total. The van der Waals surface area contributed by atoms with Crippen molar-refractivity contribution in [3.63, 3.8) is 0 Å². The van der Waals surface area contributed by atoms with E-state index < -0.39 is 0 Å². The van der Waals surface area contributed by atoms with Gasteiger partial charge in [-0.3, -0.25) is 0 Å². The van der Waals surface area contributed by atoms with Gasteiger partial charge in [-0.25, -0.2) is 0 Å². The highest BCUT2D eigenvalue weighted by Crippen LogP contribution is 2.22. The minimum Gasteiger partial charge on any atom is -0.0958 e. The predicted octanol–water partition coefficient (Wildman–Crippen LogP) is 4.89. The van der Waals surface area contributed by atoms with E-state index in [0.717, 1.165) is 12.3 Å². The van der Waals surface area contributed by atoms with Gasteiger partial charge < -0.3 is 0 Å². The Labute approximate surface area is 94.8 Å². The lowest BCUT2D eigenvalue weighted by Gasteiger charge is -2.17. The fraction of sp³-hybridized carbons (Fsp3) is 0.600. The van der Waals surface area contributed by atoms with Crippen molar-refractivity contribution in [1.82, 2.24) is 0 Å². The zero-order chi connectivity index (χ0) is 11.3. The van der Waals surface area contributed by atoms with Crippen LogP contribution in [0, 0.1) is 11.8 Å². The summed E-state index contributed by atoms with van der Waals surface area (Å²) in [5.74, 6) is 1.40. The van der Waals surface area contributed by atoms with Gasteiger partial charge in [0.2, 0.25) is 0 Å². The Morgan fingerprint density at radius 3 is 2.73 bits per heavy atom. The monoisotopic (exact) mass is 204 g/mol. The minimum absolute atomic E-state index is 0.676. The summed E-state index contributed by atoms with van der Waals surface area (Å²) in [4.78, 5) is 0. The molecule has 0 aromatic heterocycles. The van der Waals surface area contributed by atoms with Crippen LogP contribution in [-0.4, -0.2) is 0 Å². The minimum atomic E-state index is 0.676. The molecule has 0 saturated heterocycles. The SMILES string of the molecule is C=C1C=CC(C(C)C)CC=C(C)CCC1. The molecule has 0 bridgehead atoms. The van der Waals surface area contributed by atoms with E-state index in [0.29, 0.717) is 5.92 Å². The third-order valence-corrected chi connectivity index (χ3v) is 3.24. The van der Waals surface area contributed by atoms with Crippen LogP contribution in [0.15, 0.2) is 36.0 Å². The van der Waals surface area contributed by atoms with Crippen LogP contribution in [0.5, 0.6) is 0 Å². The summed E-state index contributed by atoms with van der Waals surface area (Å²) in [5.41, 5.74) is 2.83. The molecule has 1 atom stereocenters. The summed E-state index contributed by atoms with van der Waals surface area (Å²) in [6, 6.07) is 0. The van der Waals surface area contributed by atoms with Crippen molar-refractivity contribution in [1.29, 1.82) is 0 Å². The van der Waals surface area contributed by atoms with Crippen LogP contribution >= 0.6 is 0 Å². The van der Waals surface area contributed by atoms with Gasteiger partial charge in [-0.1, -0.05) is 49.8 Å². The van der Waals surface area contributed by atoms with Crippen molar-refractivity contribution in [2.75, 3.05) is 0 Å². The van der Waals surface area contributed by atoms with E-state index in [4.69, 9.17) is 0 Å². The van der Waals surface area contributed by atoms with Crippen LogP contribution in [0.4, 0.5) is 0 Å². The van der Waals surface area contributed by atoms with Crippen LogP contribution in [0.2, 0.25) is 0 Å². The predicted molar refractivity (Wildman–Crippen MR) is 68.8 cm³/mol. The van der Waals surface area contributed by atoms with E-state index in [-0.39, 0.29) is 0 Å². The van der Waals surface area contributed by atoms with Gasteiger partial charge in [-0.15, -0.1) is 0 Å². The van der Waals surface area contributed by atoms with Crippen molar-refractivity contribution in [3.05, 3.63) is 36.0 Å². The Hall–Kier alpha value is -0.780. The molecule has 0 nitrogen and oxygen atoms in total. The van der Waals surface area contributed by atoms with Crippen LogP contribution in [-0.2, 0) is 0 Å². The molecule has 0 saturated carbocycles. The molecule has 0 aromatic carbocycles. The Kier molecular flexibility index (Phi) is 4.87. The lowest BCUT2D eigenvalue weighted by Crippen LogP contribution is -2.05. The molecule has 15 heavy (non-hydrogen) atoms. The summed E-state index contributed by atoms with van der Waals surface area (Å²) < 4.78 is 0. The summed E-state index contributed by atoms with van der Waals surface area (Å²) >= 11 is 0. The molecule has 0 radical (unpaired) electrons. The van der Waals surface area contributed by atoms with E-state index in [1.807, 2.05) is 0 Å². The van der Waals surface area contributed by atoms with Crippen molar-refractivity contribution >= 4 is 0 Å². The first-order chi connectivity index (χ1) is 7.09. The van der Waals surface area contributed by atoms with Crippen LogP contribution in [0.3, 0.4) is 0 Å². The fourth-order valence-corrected chi connectivity index (χ4v) is 1.95. The van der Waals surface area contributed by atoms with Gasteiger partial charge >= 0.3 is 0 Å². The van der Waals surface area contributed by atoms with E-state index >= 15 is 0 Å². The van der Waals surface area contributed by atoms with Gasteiger partial charge in [0.05, 0.1) is 0 Å². The molecule has 0 heterocycles. The molecular formula is C15H24. The summed E-state index contributed by atoms with van der Waals surface area (Å²) in [6.45, 7) is 11.0. The first kappa shape index (κ1) is 12.3. The van der Waals surface area contributed by atoms with Crippen molar-refractivity contribution in [2.24, 2.45) is 11.8 Å². The molecule has 0 aliphatic heterocycles. The molecule has 1 aliphatic rings. The first-order valence-electron chi connectivity index (χ1n) is 6.11. The van der Waals surface area contributed by atoms with Gasteiger partial charge in [-0.05, 0) is 44.4 Å². The molecule has 0 aromatic rings. The van der Waals surface area contributed by atoms with Crippen molar-refractivity contribution < 1.29 is 0 Å². The Morgan fingerprint density at radius 2 is 2.07 bits per heavy atom. The molecule has 1 unspecified atom stereocenters. The standard InChI is InChI=1S/C15H24/c1-12(2)15-10-8-13(3)6-5-7-14(4)9-11-15/h8-10,12,15H,3,5-7,11H2,1-2,4H3. The quantitative estimate of drug-likeness (QED) is 0.533. The maximum atomic E-state index is 4.10. The maximum Gasteiger partial charge on any atom is -0.0173 e. The van der Waals surface area contributed by atoms with Gasteiger partial charge in [-0.2, -0.15) is 0 Å². The van der Waals surface area contributed by atoms with Crippen molar-refractivity contribution in [2.45, 2.75) is 46.5 Å². The van der Waals surface area contributed by atoms with Gasteiger partial charge in [0, 0.05) is 0 Å². The average molecular weight is 204 g/mol. The van der Waals surface area contributed by atoms with Gasteiger partial charge in [0.1, 0.15) is 0 Å². The smallest absolute Gasteiger partial charge is 0.0173 e. The third-order valence-electron chi connectivity index (χ3n) is 3.24. The molecular weight excluding hydrogens is 180 g/mol. The van der Waals surface area contributed by atoms with E-state index in [2.05, 4.69) is 45.6 Å². The van der Waals surface area contributed by atoms with Crippen molar-refractivity contribution in [3.8, 4) is 0 Å². The van der Waals surface area contributed by atoms with E-state index in [1.165, 1.54) is 24.8 Å². The normalized spacial score (nSPS) is 24.1. The molecule has 0 amide bonds. The first-order valence-corrected chi connectivity index (χ1v) is 6.11. The van der Waals surface area contributed by atoms with Crippen LogP contribution < -0.4 is 0 Å². The zero-order valence-corrected chi connectivity index (χ0v) is 10.4. The molecule has 0 spiro atoms. The molecule has 1 rings (SSSR count). The van der Waals surface area contributed by atoms with Crippen LogP contribution in [0.1, 0.15) is 46.5 Å². The van der Waals surface area contributed by atoms with Crippen LogP contribution in [0.25, 0.3) is 0 Å². The molecule has 84 valence electrons. The van der Waals surface area contributed by atoms with E-state index in [1.54, 1.807) is 5.57 Å². The summed E-state index contributed by atoms with van der Waals surface area (Å²) in [7, 11) is 0. The second kappa shape index (κ2) is 5.95. The zero-order valence-electron chi connectivity index (χ0n) is 10.4. The molecule has 0 heteroatoms. The third kappa shape index (κ3) is 4.51. The molecule has 0 fully saturated rings. The number of hydrogen-bond donors (Lipinski definition) is 0. The van der Waals surface area contributed by atoms with E-state index in [9.17, 15) is 0 Å². The van der Waals surface area contributed by atoms with Gasteiger partial charge in [0.25, 0.3) is 0 Å². The number of hydrogen-bond acceptors (Lipinski definition) is 0. The lowest BCUT2D eigenvalue weighted by molar-refractivity contribution is 0.468. The Balaban J connectivity index is 2.73. The summed E-state index contributed by atoms with van der Waals surface area (Å²) in [5, 5.41) is 0. The number of allylic oxidation sites excluding steroid dienone is 5. The Bertz CT molecular complexity index is 266. The average Bonchev–Trinajstić information content (AvgIpc) is 2.16. The lowest BCUT2D eigenvalue weighted by atomic mass is 9.89. The highest BCUT2D eigenvalue weighted by atomic mass is 14.1.